The fourth-order valence-electron chi connectivity index (χ4n) is 3.23. The number of carbonyl (C=O) groups excluding carboxylic acids is 1. The smallest absolute Gasteiger partial charge is 0.263 e. The molecule has 2 aromatic rings. The minimum atomic E-state index is -0.584. The Morgan fingerprint density at radius 3 is 2.62 bits per heavy atom. The molecular formula is C21H25FN2O2. The van der Waals surface area contributed by atoms with Gasteiger partial charge in [-0.05, 0) is 56.1 Å². The fourth-order valence-corrected chi connectivity index (χ4v) is 3.23. The van der Waals surface area contributed by atoms with Gasteiger partial charge in [0.2, 0.25) is 0 Å². The van der Waals surface area contributed by atoms with E-state index in [1.807, 2.05) is 35.2 Å². The summed E-state index contributed by atoms with van der Waals surface area (Å²) in [6.07, 6.45) is 1.60. The van der Waals surface area contributed by atoms with Crippen molar-refractivity contribution in [1.82, 2.24) is 10.2 Å². The van der Waals surface area contributed by atoms with E-state index in [0.29, 0.717) is 24.9 Å². The number of hydrogen-bond acceptors (Lipinski definition) is 3. The molecule has 0 saturated carbocycles. The minimum Gasteiger partial charge on any atom is -0.481 e. The Hall–Kier alpha value is -2.40. The standard InChI is InChI=1S/C21H25FN2O2/c1-16(26-20-7-3-2-4-8-20)21(25)24(15-19-6-5-13-23-19)14-17-9-11-18(22)12-10-17/h2-4,7-12,16,19,23H,5-6,13-15H2,1H3. The molecule has 1 aliphatic heterocycles. The molecule has 138 valence electrons. The molecule has 1 fully saturated rings. The summed E-state index contributed by atoms with van der Waals surface area (Å²) in [5.74, 6) is 0.339. The zero-order valence-corrected chi connectivity index (χ0v) is 15.0. The number of rotatable bonds is 7. The monoisotopic (exact) mass is 356 g/mol. The quantitative estimate of drug-likeness (QED) is 0.827. The Kier molecular flexibility index (Phi) is 6.23. The summed E-state index contributed by atoms with van der Waals surface area (Å²) >= 11 is 0. The van der Waals surface area contributed by atoms with Crippen LogP contribution in [-0.4, -0.2) is 36.0 Å². The first-order valence-electron chi connectivity index (χ1n) is 9.10. The van der Waals surface area contributed by atoms with Gasteiger partial charge in [-0.3, -0.25) is 4.79 Å². The average molecular weight is 356 g/mol. The Morgan fingerprint density at radius 1 is 1.23 bits per heavy atom. The summed E-state index contributed by atoms with van der Waals surface area (Å²) in [4.78, 5) is 14.8. The van der Waals surface area contributed by atoms with Crippen LogP contribution in [0.2, 0.25) is 0 Å². The van der Waals surface area contributed by atoms with E-state index in [1.165, 1.54) is 12.1 Å². The maximum atomic E-state index is 13.2. The lowest BCUT2D eigenvalue weighted by Gasteiger charge is -2.29. The van der Waals surface area contributed by atoms with Gasteiger partial charge in [0.1, 0.15) is 11.6 Å². The average Bonchev–Trinajstić information content (AvgIpc) is 3.16. The molecule has 2 unspecified atom stereocenters. The van der Waals surface area contributed by atoms with E-state index < -0.39 is 6.10 Å². The first-order chi connectivity index (χ1) is 12.6. The lowest BCUT2D eigenvalue weighted by molar-refractivity contribution is -0.139. The van der Waals surface area contributed by atoms with E-state index in [4.69, 9.17) is 4.74 Å². The molecule has 0 aliphatic carbocycles. The number of hydrogen-bond donors (Lipinski definition) is 1. The van der Waals surface area contributed by atoms with E-state index in [2.05, 4.69) is 5.32 Å². The van der Waals surface area contributed by atoms with Crippen molar-refractivity contribution >= 4 is 5.91 Å². The van der Waals surface area contributed by atoms with Gasteiger partial charge in [0.15, 0.2) is 6.10 Å². The summed E-state index contributed by atoms with van der Waals surface area (Å²) < 4.78 is 19.0. The van der Waals surface area contributed by atoms with Crippen molar-refractivity contribution in [3.63, 3.8) is 0 Å². The minimum absolute atomic E-state index is 0.0631. The topological polar surface area (TPSA) is 41.6 Å². The highest BCUT2D eigenvalue weighted by molar-refractivity contribution is 5.81. The van der Waals surface area contributed by atoms with Crippen molar-refractivity contribution in [3.8, 4) is 5.75 Å². The molecule has 2 atom stereocenters. The zero-order chi connectivity index (χ0) is 18.4. The Morgan fingerprint density at radius 2 is 1.96 bits per heavy atom. The first-order valence-corrected chi connectivity index (χ1v) is 9.10. The number of nitrogens with zero attached hydrogens (tertiary/aromatic N) is 1. The SMILES string of the molecule is CC(Oc1ccccc1)C(=O)N(Cc1ccc(F)cc1)CC1CCCN1. The largest absolute Gasteiger partial charge is 0.481 e. The molecule has 1 N–H and O–H groups in total. The summed E-state index contributed by atoms with van der Waals surface area (Å²) in [6.45, 7) is 3.83. The van der Waals surface area contributed by atoms with Gasteiger partial charge >= 0.3 is 0 Å². The highest BCUT2D eigenvalue weighted by atomic mass is 19.1. The van der Waals surface area contributed by atoms with Gasteiger partial charge in [0.05, 0.1) is 0 Å². The predicted molar refractivity (Wildman–Crippen MR) is 99.4 cm³/mol. The Bertz CT molecular complexity index is 700. The molecule has 2 aromatic carbocycles. The van der Waals surface area contributed by atoms with Crippen molar-refractivity contribution in [3.05, 3.63) is 66.0 Å². The number of nitrogens with one attached hydrogen (secondary N) is 1. The third kappa shape index (κ3) is 5.05. The van der Waals surface area contributed by atoms with Crippen molar-refractivity contribution in [2.24, 2.45) is 0 Å². The molecule has 3 rings (SSSR count). The number of amides is 1. The number of halogens is 1. The Balaban J connectivity index is 1.70. The van der Waals surface area contributed by atoms with Crippen LogP contribution in [0.4, 0.5) is 4.39 Å². The third-order valence-electron chi connectivity index (χ3n) is 4.61. The molecule has 1 amide bonds. The Labute approximate surface area is 154 Å². The van der Waals surface area contributed by atoms with Crippen LogP contribution >= 0.6 is 0 Å². The van der Waals surface area contributed by atoms with Crippen molar-refractivity contribution in [2.45, 2.75) is 38.5 Å². The molecule has 0 aromatic heterocycles. The lowest BCUT2D eigenvalue weighted by atomic mass is 10.1. The van der Waals surface area contributed by atoms with E-state index in [1.54, 1.807) is 19.1 Å². The van der Waals surface area contributed by atoms with E-state index >= 15 is 0 Å². The molecule has 1 aliphatic rings. The van der Waals surface area contributed by atoms with Crippen LogP contribution in [-0.2, 0) is 11.3 Å². The van der Waals surface area contributed by atoms with Crippen LogP contribution in [0.25, 0.3) is 0 Å². The van der Waals surface area contributed by atoms with Crippen LogP contribution in [0.5, 0.6) is 5.75 Å². The number of benzene rings is 2. The van der Waals surface area contributed by atoms with E-state index in [-0.39, 0.29) is 11.7 Å². The van der Waals surface area contributed by atoms with Crippen LogP contribution in [0, 0.1) is 5.82 Å². The highest BCUT2D eigenvalue weighted by Gasteiger charge is 2.26. The second kappa shape index (κ2) is 8.81. The summed E-state index contributed by atoms with van der Waals surface area (Å²) in [7, 11) is 0. The molecular weight excluding hydrogens is 331 g/mol. The van der Waals surface area contributed by atoms with Gasteiger partial charge in [-0.25, -0.2) is 4.39 Å². The number of ether oxygens (including phenoxy) is 1. The van der Waals surface area contributed by atoms with E-state index in [9.17, 15) is 9.18 Å². The van der Waals surface area contributed by atoms with Crippen molar-refractivity contribution < 1.29 is 13.9 Å². The molecule has 4 nitrogen and oxygen atoms in total. The normalized spacial score (nSPS) is 17.7. The second-order valence-corrected chi connectivity index (χ2v) is 6.71. The van der Waals surface area contributed by atoms with Crippen LogP contribution in [0.15, 0.2) is 54.6 Å². The first kappa shape index (κ1) is 18.4. The molecule has 5 heteroatoms. The molecule has 26 heavy (non-hydrogen) atoms. The van der Waals surface area contributed by atoms with Crippen LogP contribution < -0.4 is 10.1 Å². The highest BCUT2D eigenvalue weighted by Crippen LogP contribution is 2.16. The van der Waals surface area contributed by atoms with Crippen molar-refractivity contribution in [2.75, 3.05) is 13.1 Å². The van der Waals surface area contributed by atoms with Gasteiger partial charge in [-0.15, -0.1) is 0 Å². The molecule has 1 heterocycles. The van der Waals surface area contributed by atoms with Gasteiger partial charge in [-0.1, -0.05) is 30.3 Å². The molecule has 1 saturated heterocycles. The van der Waals surface area contributed by atoms with Gasteiger partial charge in [0, 0.05) is 19.1 Å². The maximum Gasteiger partial charge on any atom is 0.263 e. The molecule has 0 spiro atoms. The van der Waals surface area contributed by atoms with Gasteiger partial charge in [0.25, 0.3) is 5.91 Å². The van der Waals surface area contributed by atoms with E-state index in [0.717, 1.165) is 24.9 Å². The lowest BCUT2D eigenvalue weighted by Crippen LogP contribution is -2.45. The zero-order valence-electron chi connectivity index (χ0n) is 15.0. The molecule has 0 bridgehead atoms. The van der Waals surface area contributed by atoms with Crippen molar-refractivity contribution in [1.29, 1.82) is 0 Å². The second-order valence-electron chi connectivity index (χ2n) is 6.71. The number of para-hydroxylation sites is 1. The van der Waals surface area contributed by atoms with Crippen LogP contribution in [0.3, 0.4) is 0 Å². The predicted octanol–water partition coefficient (Wildman–Crippen LogP) is 3.37. The third-order valence-corrected chi connectivity index (χ3v) is 4.61. The van der Waals surface area contributed by atoms with Gasteiger partial charge in [-0.2, -0.15) is 0 Å². The molecule has 0 radical (unpaired) electrons. The maximum absolute atomic E-state index is 13.2. The summed E-state index contributed by atoms with van der Waals surface area (Å²) in [5, 5.41) is 3.43. The fraction of sp³-hybridized carbons (Fsp3) is 0.381. The summed E-state index contributed by atoms with van der Waals surface area (Å²) in [5.41, 5.74) is 0.907. The number of carbonyl (C=O) groups is 1. The van der Waals surface area contributed by atoms with Gasteiger partial charge < -0.3 is 15.0 Å². The van der Waals surface area contributed by atoms with Crippen LogP contribution in [0.1, 0.15) is 25.3 Å². The summed E-state index contributed by atoms with van der Waals surface area (Å²) in [6, 6.07) is 15.9.